The SMILES string of the molecule is CCOc1ccc(/C(O)=C2/C(=O)C(=O)N(c3ccc(CC(=O)O)cc3)C2c2ccc(C(C)(C)C)cc2)cc1C. The number of Topliss-reactive ketones (excluding diaryl/α,β-unsaturated/α-hetero) is 1. The number of aliphatic hydroxyl groups excluding tert-OH is 1. The van der Waals surface area contributed by atoms with Crippen LogP contribution >= 0.6 is 0 Å². The molecule has 4 rings (SSSR count). The van der Waals surface area contributed by atoms with E-state index in [0.29, 0.717) is 34.7 Å². The number of aryl methyl sites for hydroxylation is 1. The lowest BCUT2D eigenvalue weighted by Gasteiger charge is -2.27. The molecule has 1 saturated heterocycles. The van der Waals surface area contributed by atoms with Crippen LogP contribution in [0.3, 0.4) is 0 Å². The van der Waals surface area contributed by atoms with Gasteiger partial charge >= 0.3 is 5.97 Å². The minimum Gasteiger partial charge on any atom is -0.507 e. The number of ether oxygens (including phenoxy) is 1. The highest BCUT2D eigenvalue weighted by atomic mass is 16.5. The van der Waals surface area contributed by atoms with Crippen molar-refractivity contribution in [2.75, 3.05) is 11.5 Å². The second kappa shape index (κ2) is 10.8. The molecule has 39 heavy (non-hydrogen) atoms. The molecule has 7 nitrogen and oxygen atoms in total. The number of aliphatic hydroxyl groups is 1. The molecular formula is C32H33NO6. The Morgan fingerprint density at radius 3 is 2.13 bits per heavy atom. The largest absolute Gasteiger partial charge is 0.507 e. The summed E-state index contributed by atoms with van der Waals surface area (Å²) in [6, 6.07) is 18.4. The van der Waals surface area contributed by atoms with E-state index in [0.717, 1.165) is 11.1 Å². The molecule has 1 heterocycles. The fraction of sp³-hybridized carbons (Fsp3) is 0.281. The molecule has 1 aliphatic rings. The summed E-state index contributed by atoms with van der Waals surface area (Å²) in [6.45, 7) is 10.5. The van der Waals surface area contributed by atoms with Crippen LogP contribution in [0.25, 0.3) is 5.76 Å². The van der Waals surface area contributed by atoms with Gasteiger partial charge in [0.05, 0.1) is 24.6 Å². The predicted octanol–water partition coefficient (Wildman–Crippen LogP) is 5.94. The summed E-state index contributed by atoms with van der Waals surface area (Å²) in [5.41, 5.74) is 3.83. The molecule has 1 unspecified atom stereocenters. The molecule has 0 radical (unpaired) electrons. The predicted molar refractivity (Wildman–Crippen MR) is 150 cm³/mol. The van der Waals surface area contributed by atoms with Gasteiger partial charge in [-0.15, -0.1) is 0 Å². The number of carboxylic acids is 1. The standard InChI is InChI=1S/C32H33NO6/c1-6-39-25-16-11-22(17-19(25)2)29(36)27-28(21-9-12-23(13-10-21)32(3,4)5)33(31(38)30(27)37)24-14-7-20(8-15-24)18-26(34)35/h7-17,28,36H,6,18H2,1-5H3,(H,34,35)/b29-27-. The summed E-state index contributed by atoms with van der Waals surface area (Å²) in [6.07, 6.45) is -0.159. The van der Waals surface area contributed by atoms with Crippen molar-refractivity contribution in [2.24, 2.45) is 0 Å². The number of hydrogen-bond acceptors (Lipinski definition) is 5. The molecule has 3 aromatic carbocycles. The highest BCUT2D eigenvalue weighted by Gasteiger charge is 2.47. The smallest absolute Gasteiger partial charge is 0.307 e. The first-order chi connectivity index (χ1) is 18.4. The maximum atomic E-state index is 13.5. The van der Waals surface area contributed by atoms with Gasteiger partial charge in [-0.2, -0.15) is 0 Å². The maximum Gasteiger partial charge on any atom is 0.307 e. The molecule has 2 N–H and O–H groups in total. The van der Waals surface area contributed by atoms with Gasteiger partial charge in [0.1, 0.15) is 11.5 Å². The summed E-state index contributed by atoms with van der Waals surface area (Å²) < 4.78 is 5.61. The highest BCUT2D eigenvalue weighted by Crippen LogP contribution is 2.43. The Hall–Kier alpha value is -4.39. The third-order valence-corrected chi connectivity index (χ3v) is 6.85. The van der Waals surface area contributed by atoms with E-state index < -0.39 is 23.7 Å². The Morgan fingerprint density at radius 1 is 0.949 bits per heavy atom. The van der Waals surface area contributed by atoms with Crippen LogP contribution in [0.2, 0.25) is 0 Å². The number of ketones is 1. The van der Waals surface area contributed by atoms with Crippen molar-refractivity contribution in [3.05, 3.63) is 100 Å². The zero-order valence-corrected chi connectivity index (χ0v) is 22.8. The lowest BCUT2D eigenvalue weighted by atomic mass is 9.85. The molecular weight excluding hydrogens is 494 g/mol. The van der Waals surface area contributed by atoms with Crippen LogP contribution in [-0.4, -0.2) is 34.5 Å². The third-order valence-electron chi connectivity index (χ3n) is 6.85. The second-order valence-electron chi connectivity index (χ2n) is 10.7. The fourth-order valence-corrected chi connectivity index (χ4v) is 4.80. The van der Waals surface area contributed by atoms with Gasteiger partial charge in [0.15, 0.2) is 0 Å². The summed E-state index contributed by atoms with van der Waals surface area (Å²) in [5, 5.41) is 20.6. The number of nitrogens with zero attached hydrogens (tertiary/aromatic N) is 1. The van der Waals surface area contributed by atoms with Crippen molar-refractivity contribution in [3.8, 4) is 5.75 Å². The van der Waals surface area contributed by atoms with Gasteiger partial charge in [0.25, 0.3) is 11.7 Å². The quantitative estimate of drug-likeness (QED) is 0.224. The van der Waals surface area contributed by atoms with E-state index in [1.54, 1.807) is 42.5 Å². The topological polar surface area (TPSA) is 104 Å². The number of carbonyl (C=O) groups is 3. The van der Waals surface area contributed by atoms with Gasteiger partial charge in [0.2, 0.25) is 0 Å². The van der Waals surface area contributed by atoms with E-state index in [9.17, 15) is 19.5 Å². The average molecular weight is 528 g/mol. The van der Waals surface area contributed by atoms with Crippen molar-refractivity contribution in [1.29, 1.82) is 0 Å². The number of anilines is 1. The minimum absolute atomic E-state index is 0.0123. The van der Waals surface area contributed by atoms with E-state index >= 15 is 0 Å². The van der Waals surface area contributed by atoms with Crippen LogP contribution in [0, 0.1) is 6.92 Å². The van der Waals surface area contributed by atoms with Gasteiger partial charge in [0, 0.05) is 11.3 Å². The van der Waals surface area contributed by atoms with Crippen LogP contribution in [0.4, 0.5) is 5.69 Å². The van der Waals surface area contributed by atoms with Crippen LogP contribution in [0.15, 0.2) is 72.3 Å². The first-order valence-corrected chi connectivity index (χ1v) is 12.9. The number of carbonyl (C=O) groups excluding carboxylic acids is 2. The van der Waals surface area contributed by atoms with Crippen LogP contribution < -0.4 is 9.64 Å². The van der Waals surface area contributed by atoms with Crippen molar-refractivity contribution in [3.63, 3.8) is 0 Å². The Labute approximate surface area is 228 Å². The first kappa shape index (κ1) is 27.6. The molecule has 1 fully saturated rings. The average Bonchev–Trinajstić information content (AvgIpc) is 3.15. The van der Waals surface area contributed by atoms with E-state index in [1.807, 2.05) is 38.1 Å². The lowest BCUT2D eigenvalue weighted by molar-refractivity contribution is -0.136. The molecule has 0 saturated carbocycles. The van der Waals surface area contributed by atoms with Crippen molar-refractivity contribution in [2.45, 2.75) is 52.5 Å². The van der Waals surface area contributed by atoms with Gasteiger partial charge in [-0.3, -0.25) is 19.3 Å². The molecule has 1 amide bonds. The Morgan fingerprint density at radius 2 is 1.59 bits per heavy atom. The third kappa shape index (κ3) is 5.58. The molecule has 1 aliphatic heterocycles. The molecule has 7 heteroatoms. The van der Waals surface area contributed by atoms with Crippen molar-refractivity contribution in [1.82, 2.24) is 0 Å². The zero-order chi connectivity index (χ0) is 28.5. The van der Waals surface area contributed by atoms with E-state index in [4.69, 9.17) is 9.84 Å². The van der Waals surface area contributed by atoms with Crippen LogP contribution in [-0.2, 0) is 26.2 Å². The summed E-state index contributed by atoms with van der Waals surface area (Å²) in [7, 11) is 0. The Kier molecular flexibility index (Phi) is 7.63. The molecule has 0 spiro atoms. The monoisotopic (exact) mass is 527 g/mol. The van der Waals surface area contributed by atoms with Gasteiger partial charge in [-0.25, -0.2) is 0 Å². The molecule has 0 bridgehead atoms. The molecule has 3 aromatic rings. The Balaban J connectivity index is 1.87. The maximum absolute atomic E-state index is 13.5. The zero-order valence-electron chi connectivity index (χ0n) is 22.8. The summed E-state index contributed by atoms with van der Waals surface area (Å²) in [5.74, 6) is -2.12. The van der Waals surface area contributed by atoms with Gasteiger partial charge < -0.3 is 14.9 Å². The van der Waals surface area contributed by atoms with Gasteiger partial charge in [-0.1, -0.05) is 57.2 Å². The number of amides is 1. The molecule has 202 valence electrons. The number of benzene rings is 3. The second-order valence-corrected chi connectivity index (χ2v) is 10.7. The Bertz CT molecular complexity index is 1450. The number of aliphatic carboxylic acids is 1. The normalized spacial score (nSPS) is 16.9. The molecule has 1 atom stereocenters. The molecule has 0 aliphatic carbocycles. The lowest BCUT2D eigenvalue weighted by Crippen LogP contribution is -2.29. The number of hydrogen-bond donors (Lipinski definition) is 2. The summed E-state index contributed by atoms with van der Waals surface area (Å²) in [4.78, 5) is 39.4. The van der Waals surface area contributed by atoms with Crippen LogP contribution in [0.5, 0.6) is 5.75 Å². The minimum atomic E-state index is -0.965. The van der Waals surface area contributed by atoms with E-state index in [2.05, 4.69) is 20.8 Å². The fourth-order valence-electron chi connectivity index (χ4n) is 4.80. The van der Waals surface area contributed by atoms with Crippen molar-refractivity contribution < 1.29 is 29.3 Å². The molecule has 0 aromatic heterocycles. The highest BCUT2D eigenvalue weighted by molar-refractivity contribution is 6.51. The number of carboxylic acid groups (broad SMARTS) is 1. The number of rotatable bonds is 7. The van der Waals surface area contributed by atoms with Crippen LogP contribution in [0.1, 0.15) is 61.6 Å². The van der Waals surface area contributed by atoms with E-state index in [1.165, 1.54) is 4.90 Å². The summed E-state index contributed by atoms with van der Waals surface area (Å²) >= 11 is 0. The van der Waals surface area contributed by atoms with Crippen molar-refractivity contribution >= 4 is 29.1 Å². The van der Waals surface area contributed by atoms with E-state index in [-0.39, 0.29) is 23.2 Å². The first-order valence-electron chi connectivity index (χ1n) is 12.9. The van der Waals surface area contributed by atoms with Gasteiger partial charge in [-0.05, 0) is 71.8 Å².